The number of halogens is 2. The number of carbonyl (C=O) groups is 1. The van der Waals surface area contributed by atoms with E-state index >= 15 is 0 Å². The van der Waals surface area contributed by atoms with Gasteiger partial charge in [0.05, 0.1) is 5.69 Å². The molecule has 2 aromatic rings. The van der Waals surface area contributed by atoms with Crippen molar-refractivity contribution in [1.82, 2.24) is 4.98 Å². The highest BCUT2D eigenvalue weighted by atomic mass is 32.1. The summed E-state index contributed by atoms with van der Waals surface area (Å²) >= 11 is 1.06. The minimum atomic E-state index is -2.91. The van der Waals surface area contributed by atoms with Crippen LogP contribution in [0.1, 0.15) is 15.4 Å². The van der Waals surface area contributed by atoms with Crippen molar-refractivity contribution in [1.29, 1.82) is 0 Å². The van der Waals surface area contributed by atoms with Crippen LogP contribution in [-0.4, -0.2) is 17.5 Å². The van der Waals surface area contributed by atoms with E-state index in [1.165, 1.54) is 18.2 Å². The minimum Gasteiger partial charge on any atom is -0.435 e. The van der Waals surface area contributed by atoms with E-state index in [-0.39, 0.29) is 5.75 Å². The first kappa shape index (κ1) is 14.2. The van der Waals surface area contributed by atoms with Gasteiger partial charge in [0, 0.05) is 11.8 Å². The summed E-state index contributed by atoms with van der Waals surface area (Å²) in [6.45, 7) is -1.25. The molecule has 0 spiro atoms. The highest BCUT2D eigenvalue weighted by Gasteiger charge is 2.14. The molecule has 0 atom stereocenters. The molecule has 0 aliphatic heterocycles. The predicted octanol–water partition coefficient (Wildman–Crippen LogP) is 2.89. The van der Waals surface area contributed by atoms with Gasteiger partial charge in [0.1, 0.15) is 10.6 Å². The number of benzene rings is 1. The maximum atomic E-state index is 12.1. The van der Waals surface area contributed by atoms with Gasteiger partial charge in [-0.15, -0.1) is 0 Å². The molecule has 3 N–H and O–H groups in total. The Morgan fingerprint density at radius 3 is 2.85 bits per heavy atom. The zero-order chi connectivity index (χ0) is 14.7. The van der Waals surface area contributed by atoms with E-state index in [4.69, 9.17) is 5.73 Å². The van der Waals surface area contributed by atoms with Crippen LogP contribution < -0.4 is 15.8 Å². The van der Waals surface area contributed by atoms with Crippen LogP contribution >= 0.6 is 11.3 Å². The Balaban J connectivity index is 2.13. The first-order chi connectivity index (χ1) is 9.45. The molecule has 0 radical (unpaired) electrons. The number of nitrogens with one attached hydrogen (secondary N) is 1. The molecule has 0 unspecified atom stereocenters. The van der Waals surface area contributed by atoms with Gasteiger partial charge in [0.15, 0.2) is 5.13 Å². The molecule has 1 aromatic carbocycles. The van der Waals surface area contributed by atoms with Gasteiger partial charge in [-0.05, 0) is 19.1 Å². The van der Waals surface area contributed by atoms with Gasteiger partial charge in [-0.1, -0.05) is 17.4 Å². The number of anilines is 2. The van der Waals surface area contributed by atoms with Crippen LogP contribution in [-0.2, 0) is 0 Å². The molecule has 1 heterocycles. The van der Waals surface area contributed by atoms with Crippen molar-refractivity contribution in [3.8, 4) is 5.75 Å². The quantitative estimate of drug-likeness (QED) is 0.910. The van der Waals surface area contributed by atoms with E-state index in [1.54, 1.807) is 13.0 Å². The number of thiazole rings is 1. The molecular weight excluding hydrogens is 288 g/mol. The average Bonchev–Trinajstić information content (AvgIpc) is 2.68. The number of amides is 1. The second-order valence-electron chi connectivity index (χ2n) is 3.83. The summed E-state index contributed by atoms with van der Waals surface area (Å²) in [6.07, 6.45) is 0. The lowest BCUT2D eigenvalue weighted by atomic mass is 10.3. The van der Waals surface area contributed by atoms with E-state index in [1.807, 2.05) is 0 Å². The Morgan fingerprint density at radius 1 is 1.50 bits per heavy atom. The Kier molecular flexibility index (Phi) is 4.14. The third-order valence-corrected chi connectivity index (χ3v) is 3.32. The molecule has 2 rings (SSSR count). The van der Waals surface area contributed by atoms with Gasteiger partial charge in [-0.3, -0.25) is 4.79 Å². The average molecular weight is 299 g/mol. The summed E-state index contributed by atoms with van der Waals surface area (Å²) in [6, 6.07) is 5.75. The van der Waals surface area contributed by atoms with Crippen molar-refractivity contribution in [2.24, 2.45) is 0 Å². The minimum absolute atomic E-state index is 0.0293. The molecule has 106 valence electrons. The fourth-order valence-corrected chi connectivity index (χ4v) is 2.29. The summed E-state index contributed by atoms with van der Waals surface area (Å²) < 4.78 is 28.5. The molecule has 0 bridgehead atoms. The van der Waals surface area contributed by atoms with Crippen molar-refractivity contribution < 1.29 is 18.3 Å². The number of aryl methyl sites for hydroxylation is 1. The molecule has 0 saturated carbocycles. The predicted molar refractivity (Wildman–Crippen MR) is 72.3 cm³/mol. The lowest BCUT2D eigenvalue weighted by Gasteiger charge is -2.07. The SMILES string of the molecule is Cc1nc(N)sc1C(=O)Nc1cccc(OC(F)F)c1. The highest BCUT2D eigenvalue weighted by molar-refractivity contribution is 7.17. The van der Waals surface area contributed by atoms with E-state index in [0.29, 0.717) is 21.4 Å². The van der Waals surface area contributed by atoms with Crippen LogP contribution in [0.2, 0.25) is 0 Å². The van der Waals surface area contributed by atoms with Gasteiger partial charge in [0.25, 0.3) is 5.91 Å². The fourth-order valence-electron chi connectivity index (χ4n) is 1.57. The van der Waals surface area contributed by atoms with E-state index in [2.05, 4.69) is 15.0 Å². The number of nitrogen functional groups attached to an aromatic ring is 1. The summed E-state index contributed by atoms with van der Waals surface area (Å²) in [5.74, 6) is -0.427. The molecule has 0 saturated heterocycles. The van der Waals surface area contributed by atoms with Crippen molar-refractivity contribution in [3.05, 3.63) is 34.8 Å². The number of aromatic nitrogens is 1. The van der Waals surface area contributed by atoms with Gasteiger partial charge in [-0.25, -0.2) is 4.98 Å². The summed E-state index contributed by atoms with van der Waals surface area (Å²) in [4.78, 5) is 16.3. The number of ether oxygens (including phenoxy) is 1. The monoisotopic (exact) mass is 299 g/mol. The van der Waals surface area contributed by atoms with Gasteiger partial charge in [-0.2, -0.15) is 8.78 Å². The first-order valence-corrected chi connectivity index (χ1v) is 6.36. The molecule has 5 nitrogen and oxygen atoms in total. The number of hydrogen-bond acceptors (Lipinski definition) is 5. The van der Waals surface area contributed by atoms with Gasteiger partial charge >= 0.3 is 6.61 Å². The van der Waals surface area contributed by atoms with Crippen LogP contribution in [0.5, 0.6) is 5.75 Å². The molecular formula is C12H11F2N3O2S. The maximum absolute atomic E-state index is 12.1. The Bertz CT molecular complexity index is 631. The number of nitrogens with zero attached hydrogens (tertiary/aromatic N) is 1. The number of hydrogen-bond donors (Lipinski definition) is 2. The first-order valence-electron chi connectivity index (χ1n) is 5.55. The van der Waals surface area contributed by atoms with Crippen LogP contribution in [0.4, 0.5) is 19.6 Å². The standard InChI is InChI=1S/C12H11F2N3O2S/c1-6-9(20-12(15)16-6)10(18)17-7-3-2-4-8(5-7)19-11(13)14/h2-5,11H,1H3,(H2,15,16)(H,17,18). The summed E-state index contributed by atoms with van der Waals surface area (Å²) in [7, 11) is 0. The molecule has 0 aliphatic rings. The Morgan fingerprint density at radius 2 is 2.25 bits per heavy atom. The van der Waals surface area contributed by atoms with Gasteiger partial charge in [0.2, 0.25) is 0 Å². The lowest BCUT2D eigenvalue weighted by molar-refractivity contribution is -0.0497. The zero-order valence-corrected chi connectivity index (χ0v) is 11.2. The smallest absolute Gasteiger partial charge is 0.387 e. The fraction of sp³-hybridized carbons (Fsp3) is 0.167. The molecule has 0 fully saturated rings. The van der Waals surface area contributed by atoms with E-state index < -0.39 is 12.5 Å². The van der Waals surface area contributed by atoms with E-state index in [0.717, 1.165) is 11.3 Å². The topological polar surface area (TPSA) is 77.2 Å². The second kappa shape index (κ2) is 5.83. The molecule has 20 heavy (non-hydrogen) atoms. The number of alkyl halides is 2. The zero-order valence-electron chi connectivity index (χ0n) is 10.4. The van der Waals surface area contributed by atoms with Crippen LogP contribution in [0.25, 0.3) is 0 Å². The van der Waals surface area contributed by atoms with Crippen LogP contribution in [0.3, 0.4) is 0 Å². The Labute approximate surface area is 117 Å². The third kappa shape index (κ3) is 3.41. The van der Waals surface area contributed by atoms with Crippen LogP contribution in [0, 0.1) is 6.92 Å². The number of carbonyl (C=O) groups excluding carboxylic acids is 1. The molecule has 8 heteroatoms. The summed E-state index contributed by atoms with van der Waals surface area (Å²) in [5.41, 5.74) is 6.38. The number of rotatable bonds is 4. The van der Waals surface area contributed by atoms with Crippen molar-refractivity contribution in [2.45, 2.75) is 13.5 Å². The molecule has 0 aliphatic carbocycles. The lowest BCUT2D eigenvalue weighted by Crippen LogP contribution is -2.11. The van der Waals surface area contributed by atoms with Crippen molar-refractivity contribution in [3.63, 3.8) is 0 Å². The van der Waals surface area contributed by atoms with Gasteiger partial charge < -0.3 is 15.8 Å². The number of nitrogens with two attached hydrogens (primary N) is 1. The van der Waals surface area contributed by atoms with Crippen molar-refractivity contribution >= 4 is 28.1 Å². The summed E-state index contributed by atoms with van der Waals surface area (Å²) in [5, 5.41) is 2.87. The third-order valence-electron chi connectivity index (χ3n) is 2.34. The largest absolute Gasteiger partial charge is 0.435 e. The Hall–Kier alpha value is -2.22. The highest BCUT2D eigenvalue weighted by Crippen LogP contribution is 2.23. The molecule has 1 aromatic heterocycles. The maximum Gasteiger partial charge on any atom is 0.387 e. The normalized spacial score (nSPS) is 10.6. The molecule has 1 amide bonds. The van der Waals surface area contributed by atoms with Crippen LogP contribution in [0.15, 0.2) is 24.3 Å². The van der Waals surface area contributed by atoms with Crippen molar-refractivity contribution in [2.75, 3.05) is 11.1 Å². The second-order valence-corrected chi connectivity index (χ2v) is 4.86. The van der Waals surface area contributed by atoms with E-state index in [9.17, 15) is 13.6 Å².